The molecule has 0 atom stereocenters. The van der Waals surface area contributed by atoms with Gasteiger partial charge in [0.15, 0.2) is 0 Å². The molecule has 4 heteroatoms. The first-order valence-electron chi connectivity index (χ1n) is 4.69. The molecule has 1 rings (SSSR count). The van der Waals surface area contributed by atoms with Gasteiger partial charge in [-0.15, -0.1) is 0 Å². The molecule has 0 aliphatic rings. The Morgan fingerprint density at radius 3 is 2.73 bits per heavy atom. The lowest BCUT2D eigenvalue weighted by Gasteiger charge is -2.05. The molecule has 0 heterocycles. The van der Waals surface area contributed by atoms with E-state index in [0.717, 1.165) is 11.1 Å². The highest BCUT2D eigenvalue weighted by Crippen LogP contribution is 2.23. The van der Waals surface area contributed by atoms with Crippen LogP contribution in [0.2, 0.25) is 0 Å². The van der Waals surface area contributed by atoms with Gasteiger partial charge in [-0.2, -0.15) is 0 Å². The van der Waals surface area contributed by atoms with Crippen molar-refractivity contribution in [3.05, 3.63) is 46.0 Å². The highest BCUT2D eigenvalue weighted by molar-refractivity contribution is 5.65. The molecule has 0 radical (unpaired) electrons. The van der Waals surface area contributed by atoms with Gasteiger partial charge in [-0.05, 0) is 43.2 Å². The summed E-state index contributed by atoms with van der Waals surface area (Å²) in [6.07, 6.45) is 0.706. The third-order valence-corrected chi connectivity index (χ3v) is 2.25. The molecule has 0 bridgehead atoms. The van der Waals surface area contributed by atoms with E-state index in [-0.39, 0.29) is 10.6 Å². The van der Waals surface area contributed by atoms with E-state index in [2.05, 4.69) is 6.58 Å². The molecular formula is C11H14N2O2. The number of benzene rings is 1. The molecule has 0 unspecified atom stereocenters. The average Bonchev–Trinajstić information content (AvgIpc) is 2.17. The van der Waals surface area contributed by atoms with Crippen molar-refractivity contribution < 1.29 is 4.92 Å². The molecule has 1 aromatic rings. The summed E-state index contributed by atoms with van der Waals surface area (Å²) in [7, 11) is 0. The Hall–Kier alpha value is -1.68. The van der Waals surface area contributed by atoms with E-state index in [0.29, 0.717) is 18.5 Å². The summed E-state index contributed by atoms with van der Waals surface area (Å²) in [4.78, 5) is 10.2. The maximum Gasteiger partial charge on any atom is 0.272 e. The van der Waals surface area contributed by atoms with E-state index in [9.17, 15) is 10.1 Å². The first-order chi connectivity index (χ1) is 7.06. The fraction of sp³-hybridized carbons (Fsp3) is 0.273. The predicted molar refractivity (Wildman–Crippen MR) is 60.5 cm³/mol. The number of nitrogens with two attached hydrogens (primary N) is 1. The first kappa shape index (κ1) is 11.4. The van der Waals surface area contributed by atoms with Crippen LogP contribution in [0.1, 0.15) is 17.5 Å². The van der Waals surface area contributed by atoms with E-state index < -0.39 is 0 Å². The zero-order valence-electron chi connectivity index (χ0n) is 8.69. The van der Waals surface area contributed by atoms with Gasteiger partial charge in [0, 0.05) is 11.6 Å². The van der Waals surface area contributed by atoms with Gasteiger partial charge in [0.1, 0.15) is 0 Å². The summed E-state index contributed by atoms with van der Waals surface area (Å²) in [5.41, 5.74) is 8.03. The third-order valence-electron chi connectivity index (χ3n) is 2.25. The summed E-state index contributed by atoms with van der Waals surface area (Å²) >= 11 is 0. The van der Waals surface area contributed by atoms with Crippen molar-refractivity contribution in [2.75, 3.05) is 6.54 Å². The van der Waals surface area contributed by atoms with Crippen molar-refractivity contribution >= 4 is 11.3 Å². The topological polar surface area (TPSA) is 69.2 Å². The highest BCUT2D eigenvalue weighted by atomic mass is 16.6. The van der Waals surface area contributed by atoms with Crippen molar-refractivity contribution in [3.63, 3.8) is 0 Å². The molecule has 0 aliphatic heterocycles. The number of rotatable bonds is 4. The molecule has 0 aliphatic carbocycles. The molecule has 0 saturated heterocycles. The Labute approximate surface area is 88.6 Å². The maximum absolute atomic E-state index is 10.6. The van der Waals surface area contributed by atoms with Crippen LogP contribution in [0.25, 0.3) is 5.57 Å². The largest absolute Gasteiger partial charge is 0.330 e. The molecule has 0 aromatic heterocycles. The van der Waals surface area contributed by atoms with E-state index >= 15 is 0 Å². The lowest BCUT2D eigenvalue weighted by molar-refractivity contribution is -0.385. The standard InChI is InChI=1S/C11H14N2O2/c1-8(5-6-12)10-3-4-11(13(14)15)9(2)7-10/h3-4,7H,1,5-6,12H2,2H3. The van der Waals surface area contributed by atoms with Crippen LogP contribution >= 0.6 is 0 Å². The Balaban J connectivity index is 3.01. The van der Waals surface area contributed by atoms with Crippen molar-refractivity contribution in [2.45, 2.75) is 13.3 Å². The Morgan fingerprint density at radius 1 is 1.60 bits per heavy atom. The molecule has 0 fully saturated rings. The van der Waals surface area contributed by atoms with Gasteiger partial charge < -0.3 is 5.73 Å². The van der Waals surface area contributed by atoms with Crippen LogP contribution in [0.5, 0.6) is 0 Å². The van der Waals surface area contributed by atoms with Crippen LogP contribution in [-0.4, -0.2) is 11.5 Å². The Morgan fingerprint density at radius 2 is 2.27 bits per heavy atom. The SMILES string of the molecule is C=C(CCN)c1ccc([N+](=O)[O-])c(C)c1. The second-order valence-electron chi connectivity index (χ2n) is 3.40. The molecule has 80 valence electrons. The van der Waals surface area contributed by atoms with Crippen LogP contribution in [0.3, 0.4) is 0 Å². The molecule has 15 heavy (non-hydrogen) atoms. The number of aryl methyl sites for hydroxylation is 1. The van der Waals surface area contributed by atoms with E-state index in [1.807, 2.05) is 0 Å². The number of nitro benzene ring substituents is 1. The summed E-state index contributed by atoms with van der Waals surface area (Å²) in [5, 5.41) is 10.6. The third kappa shape index (κ3) is 2.63. The minimum atomic E-state index is -0.384. The fourth-order valence-corrected chi connectivity index (χ4v) is 1.40. The van der Waals surface area contributed by atoms with Crippen molar-refractivity contribution in [2.24, 2.45) is 5.73 Å². The number of hydrogen-bond acceptors (Lipinski definition) is 3. The van der Waals surface area contributed by atoms with Gasteiger partial charge in [-0.3, -0.25) is 10.1 Å². The summed E-state index contributed by atoms with van der Waals surface area (Å²) in [6.45, 7) is 6.14. The molecule has 2 N–H and O–H groups in total. The predicted octanol–water partition coefficient (Wildman–Crippen LogP) is 2.27. The number of nitro groups is 1. The van der Waals surface area contributed by atoms with Gasteiger partial charge in [-0.25, -0.2) is 0 Å². The summed E-state index contributed by atoms with van der Waals surface area (Å²) < 4.78 is 0. The van der Waals surface area contributed by atoms with Gasteiger partial charge >= 0.3 is 0 Å². The van der Waals surface area contributed by atoms with Crippen LogP contribution in [-0.2, 0) is 0 Å². The summed E-state index contributed by atoms with van der Waals surface area (Å²) in [5.74, 6) is 0. The smallest absolute Gasteiger partial charge is 0.272 e. The minimum Gasteiger partial charge on any atom is -0.330 e. The Bertz CT molecular complexity index is 400. The summed E-state index contributed by atoms with van der Waals surface area (Å²) in [6, 6.07) is 4.99. The lowest BCUT2D eigenvalue weighted by atomic mass is 10.0. The first-order valence-corrected chi connectivity index (χ1v) is 4.69. The zero-order valence-corrected chi connectivity index (χ0v) is 8.69. The highest BCUT2D eigenvalue weighted by Gasteiger charge is 2.10. The van der Waals surface area contributed by atoms with Crippen LogP contribution in [0.4, 0.5) is 5.69 Å². The maximum atomic E-state index is 10.6. The van der Waals surface area contributed by atoms with Crippen LogP contribution < -0.4 is 5.73 Å². The van der Waals surface area contributed by atoms with Crippen molar-refractivity contribution in [3.8, 4) is 0 Å². The van der Waals surface area contributed by atoms with Gasteiger partial charge in [0.25, 0.3) is 5.69 Å². The quantitative estimate of drug-likeness (QED) is 0.606. The zero-order chi connectivity index (χ0) is 11.4. The van der Waals surface area contributed by atoms with Crippen molar-refractivity contribution in [1.29, 1.82) is 0 Å². The van der Waals surface area contributed by atoms with Gasteiger partial charge in [0.2, 0.25) is 0 Å². The van der Waals surface area contributed by atoms with Crippen LogP contribution in [0.15, 0.2) is 24.8 Å². The fourth-order valence-electron chi connectivity index (χ4n) is 1.40. The van der Waals surface area contributed by atoms with E-state index in [4.69, 9.17) is 5.73 Å². The van der Waals surface area contributed by atoms with E-state index in [1.165, 1.54) is 6.07 Å². The molecule has 0 amide bonds. The monoisotopic (exact) mass is 206 g/mol. The molecule has 0 saturated carbocycles. The Kier molecular flexibility index (Phi) is 3.57. The number of hydrogen-bond donors (Lipinski definition) is 1. The normalized spacial score (nSPS) is 10.0. The lowest BCUT2D eigenvalue weighted by Crippen LogP contribution is -2.00. The number of nitrogens with zero attached hydrogens (tertiary/aromatic N) is 1. The van der Waals surface area contributed by atoms with Crippen molar-refractivity contribution in [1.82, 2.24) is 0 Å². The van der Waals surface area contributed by atoms with Gasteiger partial charge in [-0.1, -0.05) is 6.58 Å². The molecular weight excluding hydrogens is 192 g/mol. The van der Waals surface area contributed by atoms with Crippen LogP contribution in [0, 0.1) is 17.0 Å². The second-order valence-corrected chi connectivity index (χ2v) is 3.40. The minimum absolute atomic E-state index is 0.138. The molecule has 4 nitrogen and oxygen atoms in total. The molecule has 0 spiro atoms. The van der Waals surface area contributed by atoms with Gasteiger partial charge in [0.05, 0.1) is 4.92 Å². The second kappa shape index (κ2) is 4.70. The van der Waals surface area contributed by atoms with E-state index in [1.54, 1.807) is 19.1 Å². The average molecular weight is 206 g/mol. The molecule has 1 aromatic carbocycles.